The Kier molecular flexibility index (Phi) is 4.22. The maximum absolute atomic E-state index is 12.2. The maximum atomic E-state index is 12.2. The highest BCUT2D eigenvalue weighted by Crippen LogP contribution is 2.25. The third kappa shape index (κ3) is 3.17. The van der Waals surface area contributed by atoms with Gasteiger partial charge in [-0.2, -0.15) is 5.10 Å². The summed E-state index contributed by atoms with van der Waals surface area (Å²) in [6, 6.07) is -0.162. The zero-order valence-electron chi connectivity index (χ0n) is 12.6. The van der Waals surface area contributed by atoms with Crippen molar-refractivity contribution in [3.63, 3.8) is 0 Å². The van der Waals surface area contributed by atoms with Gasteiger partial charge in [0.2, 0.25) is 0 Å². The summed E-state index contributed by atoms with van der Waals surface area (Å²) in [5.74, 6) is 0.115. The first kappa shape index (κ1) is 15.5. The second kappa shape index (κ2) is 6.00. The maximum Gasteiger partial charge on any atom is 0.254 e. The number of carbonyl (C=O) groups is 1. The van der Waals surface area contributed by atoms with Crippen molar-refractivity contribution < 1.29 is 17.9 Å². The number of hydrogen-bond acceptors (Lipinski definition) is 5. The Morgan fingerprint density at radius 1 is 1.50 bits per heavy atom. The minimum Gasteiger partial charge on any atom is -0.376 e. The molecule has 8 heteroatoms. The quantitative estimate of drug-likeness (QED) is 0.867. The number of carbonyl (C=O) groups excluding carboxylic acids is 1. The SMILES string of the molecule is Cc1c(C(=O)NC[C@@H]2CCCO2)cnn1[C@@H]1CCS(=O)(=O)C1. The molecule has 7 nitrogen and oxygen atoms in total. The largest absolute Gasteiger partial charge is 0.376 e. The highest BCUT2D eigenvalue weighted by molar-refractivity contribution is 7.91. The zero-order chi connectivity index (χ0) is 15.7. The van der Waals surface area contributed by atoms with Crippen LogP contribution in [0, 0.1) is 6.92 Å². The van der Waals surface area contributed by atoms with Crippen molar-refractivity contribution in [3.05, 3.63) is 17.5 Å². The number of sulfone groups is 1. The monoisotopic (exact) mass is 327 g/mol. The van der Waals surface area contributed by atoms with Crippen LogP contribution in [0.1, 0.15) is 41.4 Å². The van der Waals surface area contributed by atoms with Gasteiger partial charge in [-0.1, -0.05) is 0 Å². The van der Waals surface area contributed by atoms with Gasteiger partial charge in [-0.05, 0) is 26.2 Å². The van der Waals surface area contributed by atoms with E-state index < -0.39 is 9.84 Å². The van der Waals surface area contributed by atoms with Gasteiger partial charge in [0, 0.05) is 18.8 Å². The predicted octanol–water partition coefficient (Wildman–Crippen LogP) is 0.460. The average molecular weight is 327 g/mol. The summed E-state index contributed by atoms with van der Waals surface area (Å²) in [5.41, 5.74) is 1.22. The Morgan fingerprint density at radius 2 is 2.32 bits per heavy atom. The molecule has 3 heterocycles. The molecule has 2 aliphatic rings. The molecule has 1 aromatic heterocycles. The van der Waals surface area contributed by atoms with Gasteiger partial charge in [0.25, 0.3) is 5.91 Å². The Hall–Kier alpha value is -1.41. The predicted molar refractivity (Wildman–Crippen MR) is 80.6 cm³/mol. The topological polar surface area (TPSA) is 90.3 Å². The van der Waals surface area contributed by atoms with E-state index in [-0.39, 0.29) is 29.6 Å². The number of amides is 1. The van der Waals surface area contributed by atoms with Crippen molar-refractivity contribution in [3.8, 4) is 0 Å². The molecule has 2 aliphatic heterocycles. The fourth-order valence-corrected chi connectivity index (χ4v) is 4.78. The highest BCUT2D eigenvalue weighted by Gasteiger charge is 2.31. The molecule has 3 rings (SSSR count). The summed E-state index contributed by atoms with van der Waals surface area (Å²) in [5, 5.41) is 7.09. The molecule has 122 valence electrons. The molecule has 0 radical (unpaired) electrons. The van der Waals surface area contributed by atoms with E-state index in [1.54, 1.807) is 11.6 Å². The zero-order valence-corrected chi connectivity index (χ0v) is 13.4. The highest BCUT2D eigenvalue weighted by atomic mass is 32.2. The van der Waals surface area contributed by atoms with E-state index in [2.05, 4.69) is 10.4 Å². The molecule has 1 N–H and O–H groups in total. The van der Waals surface area contributed by atoms with Gasteiger partial charge in [0.15, 0.2) is 9.84 Å². The van der Waals surface area contributed by atoms with E-state index in [1.165, 1.54) is 6.20 Å². The summed E-state index contributed by atoms with van der Waals surface area (Å²) in [7, 11) is -2.97. The molecule has 2 atom stereocenters. The van der Waals surface area contributed by atoms with Crippen LogP contribution in [0.25, 0.3) is 0 Å². The molecule has 2 fully saturated rings. The second-order valence-corrected chi connectivity index (χ2v) is 8.22. The molecule has 2 saturated heterocycles. The molecule has 1 aromatic rings. The standard InChI is InChI=1S/C14H21N3O4S/c1-10-13(14(18)15-7-12-3-2-5-21-12)8-16-17(10)11-4-6-22(19,20)9-11/h8,11-12H,2-7,9H2,1H3,(H,15,18)/t11-,12+/m1/s1. The first-order valence-electron chi connectivity index (χ1n) is 7.60. The van der Waals surface area contributed by atoms with E-state index in [1.807, 2.05) is 0 Å². The number of nitrogens with one attached hydrogen (secondary N) is 1. The first-order chi connectivity index (χ1) is 10.5. The van der Waals surface area contributed by atoms with Crippen molar-refractivity contribution in [1.82, 2.24) is 15.1 Å². The van der Waals surface area contributed by atoms with Crippen molar-refractivity contribution in [2.75, 3.05) is 24.7 Å². The Morgan fingerprint density at radius 3 is 2.95 bits per heavy atom. The lowest BCUT2D eigenvalue weighted by atomic mass is 10.2. The van der Waals surface area contributed by atoms with Crippen molar-refractivity contribution in [2.45, 2.75) is 38.3 Å². The Labute approximate surface area is 129 Å². The number of rotatable bonds is 4. The third-order valence-electron chi connectivity index (χ3n) is 4.36. The van der Waals surface area contributed by atoms with Crippen LogP contribution >= 0.6 is 0 Å². The van der Waals surface area contributed by atoms with Crippen molar-refractivity contribution in [2.24, 2.45) is 0 Å². The average Bonchev–Trinajstić information content (AvgIpc) is 3.16. The van der Waals surface area contributed by atoms with Crippen LogP contribution in [0.15, 0.2) is 6.20 Å². The van der Waals surface area contributed by atoms with E-state index in [9.17, 15) is 13.2 Å². The summed E-state index contributed by atoms with van der Waals surface area (Å²) in [6.07, 6.45) is 4.18. The van der Waals surface area contributed by atoms with Crippen LogP contribution in [0.4, 0.5) is 0 Å². The van der Waals surface area contributed by atoms with Crippen molar-refractivity contribution >= 4 is 15.7 Å². The lowest BCUT2D eigenvalue weighted by Gasteiger charge is -2.12. The van der Waals surface area contributed by atoms with Gasteiger partial charge in [-0.25, -0.2) is 8.42 Å². The summed E-state index contributed by atoms with van der Waals surface area (Å²) in [6.45, 7) is 3.06. The van der Waals surface area contributed by atoms with Crippen LogP contribution in [0.3, 0.4) is 0 Å². The smallest absolute Gasteiger partial charge is 0.254 e. The normalized spacial score (nSPS) is 27.1. The van der Waals surface area contributed by atoms with Gasteiger partial charge < -0.3 is 10.1 Å². The van der Waals surface area contributed by atoms with Gasteiger partial charge >= 0.3 is 0 Å². The van der Waals surface area contributed by atoms with Crippen LogP contribution in [-0.2, 0) is 14.6 Å². The Bertz CT molecular complexity index is 662. The van der Waals surface area contributed by atoms with Gasteiger partial charge in [-0.3, -0.25) is 9.48 Å². The molecule has 0 aromatic carbocycles. The molecule has 0 spiro atoms. The molecule has 1 amide bonds. The summed E-state index contributed by atoms with van der Waals surface area (Å²) >= 11 is 0. The van der Waals surface area contributed by atoms with E-state index in [0.29, 0.717) is 24.2 Å². The molecular formula is C14H21N3O4S. The number of nitrogens with zero attached hydrogens (tertiary/aromatic N) is 2. The van der Waals surface area contributed by atoms with Crippen LogP contribution in [-0.4, -0.2) is 54.9 Å². The molecule has 22 heavy (non-hydrogen) atoms. The molecule has 0 saturated carbocycles. The Balaban J connectivity index is 1.66. The summed E-state index contributed by atoms with van der Waals surface area (Å²) < 4.78 is 30.3. The van der Waals surface area contributed by atoms with Crippen LogP contribution < -0.4 is 5.32 Å². The molecule has 0 bridgehead atoms. The minimum atomic E-state index is -2.97. The van der Waals surface area contributed by atoms with Gasteiger partial charge in [-0.15, -0.1) is 0 Å². The number of ether oxygens (including phenoxy) is 1. The van der Waals surface area contributed by atoms with E-state index >= 15 is 0 Å². The van der Waals surface area contributed by atoms with Crippen LogP contribution in [0.5, 0.6) is 0 Å². The van der Waals surface area contributed by atoms with Crippen molar-refractivity contribution in [1.29, 1.82) is 0 Å². The van der Waals surface area contributed by atoms with Gasteiger partial charge in [0.05, 0.1) is 35.4 Å². The first-order valence-corrected chi connectivity index (χ1v) is 9.43. The number of hydrogen-bond donors (Lipinski definition) is 1. The fourth-order valence-electron chi connectivity index (χ4n) is 3.09. The van der Waals surface area contributed by atoms with E-state index in [4.69, 9.17) is 4.74 Å². The molecule has 0 aliphatic carbocycles. The summed E-state index contributed by atoms with van der Waals surface area (Å²) in [4.78, 5) is 12.2. The second-order valence-electron chi connectivity index (χ2n) is 5.99. The van der Waals surface area contributed by atoms with E-state index in [0.717, 1.165) is 19.4 Å². The fraction of sp³-hybridized carbons (Fsp3) is 0.714. The molecular weight excluding hydrogens is 306 g/mol. The molecule has 0 unspecified atom stereocenters. The number of aromatic nitrogens is 2. The lowest BCUT2D eigenvalue weighted by molar-refractivity contribution is 0.0857. The lowest BCUT2D eigenvalue weighted by Crippen LogP contribution is -2.32. The van der Waals surface area contributed by atoms with Gasteiger partial charge in [0.1, 0.15) is 0 Å². The third-order valence-corrected chi connectivity index (χ3v) is 6.11. The van der Waals surface area contributed by atoms with Crippen LogP contribution in [0.2, 0.25) is 0 Å². The minimum absolute atomic E-state index is 0.0966.